The van der Waals surface area contributed by atoms with E-state index in [-0.39, 0.29) is 0 Å². The van der Waals surface area contributed by atoms with E-state index in [1.807, 2.05) is 48.5 Å². The second-order valence-electron chi connectivity index (χ2n) is 4.32. The molecule has 2 rings (SSSR count). The van der Waals surface area contributed by atoms with Crippen molar-refractivity contribution in [2.45, 2.75) is 13.5 Å². The zero-order chi connectivity index (χ0) is 14.4. The molecular weight excluding hydrogens is 254 g/mol. The van der Waals surface area contributed by atoms with Crippen molar-refractivity contribution in [2.24, 2.45) is 5.16 Å². The van der Waals surface area contributed by atoms with Crippen LogP contribution in [0.5, 0.6) is 11.5 Å². The average Bonchev–Trinajstić information content (AvgIpc) is 2.53. The van der Waals surface area contributed by atoms with Crippen LogP contribution in [-0.4, -0.2) is 18.0 Å². The van der Waals surface area contributed by atoms with Crippen molar-refractivity contribution < 1.29 is 14.7 Å². The van der Waals surface area contributed by atoms with Crippen LogP contribution >= 0.6 is 0 Å². The summed E-state index contributed by atoms with van der Waals surface area (Å²) in [6, 6.07) is 15.2. The predicted molar refractivity (Wildman–Crippen MR) is 77.8 cm³/mol. The molecule has 0 bridgehead atoms. The number of para-hydroxylation sites is 1. The van der Waals surface area contributed by atoms with Crippen LogP contribution in [0, 0.1) is 0 Å². The van der Waals surface area contributed by atoms with Gasteiger partial charge in [0.1, 0.15) is 18.1 Å². The number of hydrogen-bond acceptors (Lipinski definition) is 4. The lowest BCUT2D eigenvalue weighted by Gasteiger charge is -2.11. The molecule has 0 spiro atoms. The fraction of sp³-hybridized carbons (Fsp3) is 0.188. The summed E-state index contributed by atoms with van der Waals surface area (Å²) in [6.07, 6.45) is 0. The molecular formula is C16H17NO3. The molecule has 0 heterocycles. The van der Waals surface area contributed by atoms with Gasteiger partial charge >= 0.3 is 0 Å². The Morgan fingerprint density at radius 3 is 2.45 bits per heavy atom. The Hall–Kier alpha value is -2.49. The van der Waals surface area contributed by atoms with E-state index in [1.165, 1.54) is 0 Å². The van der Waals surface area contributed by atoms with Gasteiger partial charge in [-0.05, 0) is 36.8 Å². The maximum atomic E-state index is 8.87. The Bertz CT molecular complexity index is 591. The molecule has 104 valence electrons. The van der Waals surface area contributed by atoms with Crippen LogP contribution in [0.25, 0.3) is 0 Å². The van der Waals surface area contributed by atoms with Gasteiger partial charge in [0.05, 0.1) is 12.8 Å². The molecule has 4 nitrogen and oxygen atoms in total. The van der Waals surface area contributed by atoms with E-state index >= 15 is 0 Å². The molecule has 0 aromatic heterocycles. The number of rotatable bonds is 5. The van der Waals surface area contributed by atoms with Gasteiger partial charge in [0, 0.05) is 5.56 Å². The highest BCUT2D eigenvalue weighted by Gasteiger charge is 2.06. The number of nitrogens with zero attached hydrogens (tertiary/aromatic N) is 1. The van der Waals surface area contributed by atoms with Crippen molar-refractivity contribution in [1.29, 1.82) is 0 Å². The molecule has 0 aliphatic heterocycles. The summed E-state index contributed by atoms with van der Waals surface area (Å²) in [4.78, 5) is 0. The van der Waals surface area contributed by atoms with Gasteiger partial charge in [-0.25, -0.2) is 0 Å². The van der Waals surface area contributed by atoms with Crippen molar-refractivity contribution in [1.82, 2.24) is 0 Å². The molecule has 0 amide bonds. The van der Waals surface area contributed by atoms with Gasteiger partial charge in [0.25, 0.3) is 0 Å². The normalized spacial score (nSPS) is 11.2. The van der Waals surface area contributed by atoms with Crippen LogP contribution in [0.15, 0.2) is 53.7 Å². The summed E-state index contributed by atoms with van der Waals surface area (Å²) in [5.41, 5.74) is 2.35. The molecule has 0 saturated carbocycles. The largest absolute Gasteiger partial charge is 0.497 e. The molecule has 0 fully saturated rings. The minimum absolute atomic E-state index is 0.444. The Morgan fingerprint density at radius 2 is 1.80 bits per heavy atom. The van der Waals surface area contributed by atoms with E-state index in [1.54, 1.807) is 14.0 Å². The summed E-state index contributed by atoms with van der Waals surface area (Å²) in [5.74, 6) is 1.51. The van der Waals surface area contributed by atoms with Crippen LogP contribution in [0.4, 0.5) is 0 Å². The maximum absolute atomic E-state index is 8.87. The second kappa shape index (κ2) is 6.61. The molecule has 0 saturated heterocycles. The highest BCUT2D eigenvalue weighted by atomic mass is 16.5. The molecule has 0 atom stereocenters. The van der Waals surface area contributed by atoms with Gasteiger partial charge in [-0.15, -0.1) is 0 Å². The van der Waals surface area contributed by atoms with Crippen molar-refractivity contribution in [3.05, 3.63) is 59.7 Å². The minimum Gasteiger partial charge on any atom is -0.497 e. The van der Waals surface area contributed by atoms with E-state index in [4.69, 9.17) is 14.7 Å². The molecule has 0 unspecified atom stereocenters. The first-order valence-electron chi connectivity index (χ1n) is 6.28. The van der Waals surface area contributed by atoms with Gasteiger partial charge in [-0.3, -0.25) is 0 Å². The Kier molecular flexibility index (Phi) is 4.60. The molecule has 2 aromatic rings. The number of ether oxygens (including phenoxy) is 2. The first-order valence-corrected chi connectivity index (χ1v) is 6.28. The maximum Gasteiger partial charge on any atom is 0.128 e. The lowest BCUT2D eigenvalue weighted by molar-refractivity contribution is 0.303. The first-order chi connectivity index (χ1) is 9.74. The monoisotopic (exact) mass is 271 g/mol. The van der Waals surface area contributed by atoms with Gasteiger partial charge in [0.2, 0.25) is 0 Å². The van der Waals surface area contributed by atoms with Crippen LogP contribution in [0.3, 0.4) is 0 Å². The third-order valence-electron chi connectivity index (χ3n) is 2.98. The summed E-state index contributed by atoms with van der Waals surface area (Å²) < 4.78 is 10.9. The SMILES string of the molecule is COc1ccc(COc2ccccc2C(C)=NO)cc1. The summed E-state index contributed by atoms with van der Waals surface area (Å²) in [7, 11) is 1.64. The van der Waals surface area contributed by atoms with E-state index < -0.39 is 0 Å². The number of oxime groups is 1. The Morgan fingerprint density at radius 1 is 1.10 bits per heavy atom. The van der Waals surface area contributed by atoms with E-state index in [0.29, 0.717) is 18.1 Å². The fourth-order valence-corrected chi connectivity index (χ4v) is 1.83. The quantitative estimate of drug-likeness (QED) is 0.514. The molecule has 0 aliphatic rings. The lowest BCUT2D eigenvalue weighted by Crippen LogP contribution is -2.02. The van der Waals surface area contributed by atoms with E-state index in [0.717, 1.165) is 16.9 Å². The fourth-order valence-electron chi connectivity index (χ4n) is 1.83. The minimum atomic E-state index is 0.444. The van der Waals surface area contributed by atoms with E-state index in [2.05, 4.69) is 5.16 Å². The van der Waals surface area contributed by atoms with Gasteiger partial charge < -0.3 is 14.7 Å². The van der Waals surface area contributed by atoms with Crippen molar-refractivity contribution >= 4 is 5.71 Å². The predicted octanol–water partition coefficient (Wildman–Crippen LogP) is 3.47. The average molecular weight is 271 g/mol. The number of hydrogen-bond donors (Lipinski definition) is 1. The molecule has 1 N–H and O–H groups in total. The highest BCUT2D eigenvalue weighted by Crippen LogP contribution is 2.21. The number of methoxy groups -OCH3 is 1. The number of benzene rings is 2. The highest BCUT2D eigenvalue weighted by molar-refractivity contribution is 6.00. The van der Waals surface area contributed by atoms with Gasteiger partial charge in [-0.2, -0.15) is 0 Å². The summed E-state index contributed by atoms with van der Waals surface area (Å²) in [6.45, 7) is 2.18. The smallest absolute Gasteiger partial charge is 0.128 e. The Labute approximate surface area is 118 Å². The topological polar surface area (TPSA) is 51.0 Å². The lowest BCUT2D eigenvalue weighted by atomic mass is 10.1. The zero-order valence-electron chi connectivity index (χ0n) is 11.5. The van der Waals surface area contributed by atoms with Gasteiger partial charge in [0.15, 0.2) is 0 Å². The summed E-state index contributed by atoms with van der Waals surface area (Å²) in [5, 5.41) is 12.1. The van der Waals surface area contributed by atoms with Crippen LogP contribution in [0.2, 0.25) is 0 Å². The third kappa shape index (κ3) is 3.29. The molecule has 4 heteroatoms. The van der Waals surface area contributed by atoms with E-state index in [9.17, 15) is 0 Å². The first kappa shape index (κ1) is 13.9. The summed E-state index contributed by atoms with van der Waals surface area (Å²) >= 11 is 0. The second-order valence-corrected chi connectivity index (χ2v) is 4.32. The molecule has 0 aliphatic carbocycles. The molecule has 20 heavy (non-hydrogen) atoms. The Balaban J connectivity index is 2.10. The molecule has 2 aromatic carbocycles. The van der Waals surface area contributed by atoms with Crippen molar-refractivity contribution in [2.75, 3.05) is 7.11 Å². The van der Waals surface area contributed by atoms with Crippen LogP contribution in [0.1, 0.15) is 18.1 Å². The van der Waals surface area contributed by atoms with Crippen molar-refractivity contribution in [3.63, 3.8) is 0 Å². The zero-order valence-corrected chi connectivity index (χ0v) is 11.5. The van der Waals surface area contributed by atoms with Crippen molar-refractivity contribution in [3.8, 4) is 11.5 Å². The third-order valence-corrected chi connectivity index (χ3v) is 2.98. The molecule has 0 radical (unpaired) electrons. The van der Waals surface area contributed by atoms with Gasteiger partial charge in [-0.1, -0.05) is 29.4 Å². The van der Waals surface area contributed by atoms with Crippen LogP contribution < -0.4 is 9.47 Å². The standard InChI is InChI=1S/C16H17NO3/c1-12(17-18)15-5-3-4-6-16(15)20-11-13-7-9-14(19-2)10-8-13/h3-10,18H,11H2,1-2H3. The van der Waals surface area contributed by atoms with Crippen LogP contribution in [-0.2, 0) is 6.61 Å².